The first-order valence-corrected chi connectivity index (χ1v) is 9.80. The molecule has 4 aromatic rings. The van der Waals surface area contributed by atoms with Crippen LogP contribution in [0.2, 0.25) is 0 Å². The van der Waals surface area contributed by atoms with Crippen LogP contribution >= 0.6 is 0 Å². The highest BCUT2D eigenvalue weighted by atomic mass is 32.2. The van der Waals surface area contributed by atoms with Crippen LogP contribution in [0.25, 0.3) is 16.8 Å². The molecule has 0 saturated carbocycles. The molecule has 3 heterocycles. The van der Waals surface area contributed by atoms with Crippen molar-refractivity contribution in [2.75, 3.05) is 0 Å². The van der Waals surface area contributed by atoms with Gasteiger partial charge in [0.25, 0.3) is 10.0 Å². The number of nitrogens with zero attached hydrogens (tertiary/aromatic N) is 4. The van der Waals surface area contributed by atoms with E-state index in [1.54, 1.807) is 47.1 Å². The summed E-state index contributed by atoms with van der Waals surface area (Å²) in [5.74, 6) is 0. The third kappa shape index (κ3) is 3.13. The number of hydrogen-bond donors (Lipinski definition) is 0. The molecule has 0 aliphatic rings. The molecule has 0 spiro atoms. The molecule has 0 fully saturated rings. The van der Waals surface area contributed by atoms with Crippen molar-refractivity contribution in [1.82, 2.24) is 18.8 Å². The largest absolute Gasteiger partial charge is 0.282 e. The molecule has 134 valence electrons. The van der Waals surface area contributed by atoms with Crippen molar-refractivity contribution in [3.63, 3.8) is 0 Å². The van der Waals surface area contributed by atoms with Crippen LogP contribution < -0.4 is 0 Å². The molecule has 7 heteroatoms. The van der Waals surface area contributed by atoms with Gasteiger partial charge in [-0.1, -0.05) is 32.0 Å². The molecule has 0 N–H and O–H groups in total. The summed E-state index contributed by atoms with van der Waals surface area (Å²) in [5, 5.41) is 8.54. The number of rotatable bonds is 3. The van der Waals surface area contributed by atoms with E-state index in [1.165, 1.54) is 6.20 Å². The maximum Gasteiger partial charge on any atom is 0.282 e. The molecular weight excluding hydrogens is 348 g/mol. The Morgan fingerprint density at radius 2 is 1.69 bits per heavy atom. The Balaban J connectivity index is 0.000000948. The van der Waals surface area contributed by atoms with Crippen LogP contribution in [0, 0.1) is 6.92 Å². The Bertz CT molecular complexity index is 1130. The number of aryl methyl sites for hydroxylation is 1. The second kappa shape index (κ2) is 7.13. The zero-order valence-electron chi connectivity index (χ0n) is 14.9. The van der Waals surface area contributed by atoms with Gasteiger partial charge in [0.15, 0.2) is 0 Å². The van der Waals surface area contributed by atoms with Gasteiger partial charge in [-0.05, 0) is 42.8 Å². The van der Waals surface area contributed by atoms with Gasteiger partial charge >= 0.3 is 0 Å². The van der Waals surface area contributed by atoms with Gasteiger partial charge < -0.3 is 0 Å². The standard InChI is InChI=1S/C17H14N4O2S.C2H6/c1-13-7-9-20-17(11-13)15(12-18-20)16-8-10-21(19-16)24(22,23)14-5-3-2-4-6-14;1-2/h2-12H,1H3;1-2H3. The number of aromatic nitrogens is 4. The highest BCUT2D eigenvalue weighted by molar-refractivity contribution is 7.89. The number of benzene rings is 1. The maximum atomic E-state index is 12.6. The summed E-state index contributed by atoms with van der Waals surface area (Å²) in [7, 11) is -3.69. The van der Waals surface area contributed by atoms with Crippen molar-refractivity contribution >= 4 is 15.5 Å². The van der Waals surface area contributed by atoms with Gasteiger partial charge in [0.1, 0.15) is 0 Å². The Morgan fingerprint density at radius 1 is 0.962 bits per heavy atom. The molecule has 6 nitrogen and oxygen atoms in total. The molecule has 0 saturated heterocycles. The zero-order valence-corrected chi connectivity index (χ0v) is 15.7. The fourth-order valence-electron chi connectivity index (χ4n) is 2.57. The van der Waals surface area contributed by atoms with Crippen molar-refractivity contribution in [2.45, 2.75) is 25.7 Å². The van der Waals surface area contributed by atoms with Crippen LogP contribution in [0.4, 0.5) is 0 Å². The second-order valence-corrected chi connectivity index (χ2v) is 7.28. The van der Waals surface area contributed by atoms with E-state index in [4.69, 9.17) is 0 Å². The Hall–Kier alpha value is -2.93. The monoisotopic (exact) mass is 368 g/mol. The van der Waals surface area contributed by atoms with Gasteiger partial charge in [0.05, 0.1) is 22.3 Å². The molecule has 0 atom stereocenters. The molecule has 3 aromatic heterocycles. The van der Waals surface area contributed by atoms with E-state index in [0.717, 1.165) is 20.7 Å². The minimum Gasteiger partial charge on any atom is -0.240 e. The van der Waals surface area contributed by atoms with Crippen LogP contribution in [-0.2, 0) is 10.0 Å². The van der Waals surface area contributed by atoms with E-state index >= 15 is 0 Å². The highest BCUT2D eigenvalue weighted by Gasteiger charge is 2.19. The van der Waals surface area contributed by atoms with Gasteiger partial charge in [-0.15, -0.1) is 0 Å². The second-order valence-electron chi connectivity index (χ2n) is 5.48. The quantitative estimate of drug-likeness (QED) is 0.552. The van der Waals surface area contributed by atoms with Crippen molar-refractivity contribution in [3.05, 3.63) is 72.7 Å². The molecule has 0 aliphatic heterocycles. The zero-order chi connectivity index (χ0) is 18.7. The lowest BCUT2D eigenvalue weighted by Gasteiger charge is -2.03. The highest BCUT2D eigenvalue weighted by Crippen LogP contribution is 2.24. The van der Waals surface area contributed by atoms with Crippen molar-refractivity contribution in [2.24, 2.45) is 0 Å². The lowest BCUT2D eigenvalue weighted by molar-refractivity contribution is 0.580. The van der Waals surface area contributed by atoms with Crippen LogP contribution in [0.1, 0.15) is 19.4 Å². The first kappa shape index (κ1) is 17.9. The summed E-state index contributed by atoms with van der Waals surface area (Å²) in [6, 6.07) is 13.9. The summed E-state index contributed by atoms with van der Waals surface area (Å²) in [5.41, 5.74) is 3.34. The number of fused-ring (bicyclic) bond motifs is 1. The van der Waals surface area contributed by atoms with Crippen molar-refractivity contribution in [1.29, 1.82) is 0 Å². The van der Waals surface area contributed by atoms with Crippen molar-refractivity contribution in [3.8, 4) is 11.3 Å². The van der Waals surface area contributed by atoms with E-state index in [-0.39, 0.29) is 4.90 Å². The summed E-state index contributed by atoms with van der Waals surface area (Å²) < 4.78 is 28.0. The van der Waals surface area contributed by atoms with E-state index in [0.29, 0.717) is 5.69 Å². The summed E-state index contributed by atoms with van der Waals surface area (Å²) in [6.07, 6.45) is 5.01. The van der Waals surface area contributed by atoms with E-state index in [9.17, 15) is 8.42 Å². The smallest absolute Gasteiger partial charge is 0.240 e. The van der Waals surface area contributed by atoms with E-state index in [1.807, 2.05) is 39.1 Å². The molecule has 1 aromatic carbocycles. The minimum absolute atomic E-state index is 0.204. The van der Waals surface area contributed by atoms with E-state index < -0.39 is 10.0 Å². The molecule has 0 radical (unpaired) electrons. The topological polar surface area (TPSA) is 69.3 Å². The molecule has 0 amide bonds. The molecule has 0 unspecified atom stereocenters. The first-order valence-electron chi connectivity index (χ1n) is 8.36. The first-order chi connectivity index (χ1) is 12.6. The lowest BCUT2D eigenvalue weighted by Crippen LogP contribution is -2.13. The van der Waals surface area contributed by atoms with Gasteiger partial charge in [0, 0.05) is 18.0 Å². The molecule has 26 heavy (non-hydrogen) atoms. The lowest BCUT2D eigenvalue weighted by atomic mass is 10.2. The predicted molar refractivity (Wildman–Crippen MR) is 102 cm³/mol. The fourth-order valence-corrected chi connectivity index (χ4v) is 3.70. The van der Waals surface area contributed by atoms with Gasteiger partial charge in [-0.3, -0.25) is 0 Å². The summed E-state index contributed by atoms with van der Waals surface area (Å²) in [6.45, 7) is 6.00. The molecule has 4 rings (SSSR count). The third-order valence-electron chi connectivity index (χ3n) is 3.81. The Morgan fingerprint density at radius 3 is 2.42 bits per heavy atom. The van der Waals surface area contributed by atoms with Crippen LogP contribution in [-0.4, -0.2) is 27.2 Å². The molecular formula is C19H20N4O2S. The van der Waals surface area contributed by atoms with Gasteiger partial charge in [0.2, 0.25) is 0 Å². The van der Waals surface area contributed by atoms with Crippen LogP contribution in [0.3, 0.4) is 0 Å². The average molecular weight is 368 g/mol. The third-order valence-corrected chi connectivity index (χ3v) is 5.37. The fraction of sp³-hybridized carbons (Fsp3) is 0.158. The SMILES string of the molecule is CC.Cc1ccn2ncc(-c3ccn(S(=O)(=O)c4ccccc4)n3)c2c1. The van der Waals surface area contributed by atoms with Gasteiger partial charge in [-0.25, -0.2) is 4.52 Å². The Kier molecular flexibility index (Phi) is 4.90. The van der Waals surface area contributed by atoms with Gasteiger partial charge in [-0.2, -0.15) is 22.7 Å². The summed E-state index contributed by atoms with van der Waals surface area (Å²) in [4.78, 5) is 0.204. The molecule has 0 bridgehead atoms. The van der Waals surface area contributed by atoms with E-state index in [2.05, 4.69) is 10.2 Å². The Labute approximate surface area is 152 Å². The molecule has 0 aliphatic carbocycles. The van der Waals surface area contributed by atoms with Crippen molar-refractivity contribution < 1.29 is 8.42 Å². The van der Waals surface area contributed by atoms with Crippen LogP contribution in [0.15, 0.2) is 72.0 Å². The predicted octanol–water partition coefficient (Wildman–Crippen LogP) is 3.77. The minimum atomic E-state index is -3.69. The normalized spacial score (nSPS) is 11.2. The number of hydrogen-bond acceptors (Lipinski definition) is 4. The average Bonchev–Trinajstić information content (AvgIpc) is 3.31. The maximum absolute atomic E-state index is 12.6. The number of pyridine rings is 1. The van der Waals surface area contributed by atoms with Crippen LogP contribution in [0.5, 0.6) is 0 Å². The summed E-state index contributed by atoms with van der Waals surface area (Å²) >= 11 is 0.